The summed E-state index contributed by atoms with van der Waals surface area (Å²) in [7, 11) is -3.56. The minimum absolute atomic E-state index is 0.288. The molecule has 24 heavy (non-hydrogen) atoms. The second kappa shape index (κ2) is 8.67. The lowest BCUT2D eigenvalue weighted by atomic mass is 10.1. The average molecular weight is 410 g/mol. The van der Waals surface area contributed by atoms with Gasteiger partial charge < -0.3 is 0 Å². The molecule has 0 aromatic heterocycles. The predicted molar refractivity (Wildman–Crippen MR) is 104 cm³/mol. The Morgan fingerprint density at radius 1 is 1.00 bits per heavy atom. The van der Waals surface area contributed by atoms with Gasteiger partial charge in [0, 0.05) is 10.2 Å². The molecule has 0 aliphatic rings. The van der Waals surface area contributed by atoms with Crippen LogP contribution < -0.4 is 4.72 Å². The van der Waals surface area contributed by atoms with Crippen molar-refractivity contribution >= 4 is 31.6 Å². The number of hydrogen-bond acceptors (Lipinski definition) is 2. The van der Waals surface area contributed by atoms with Crippen molar-refractivity contribution in [3.63, 3.8) is 0 Å². The van der Waals surface area contributed by atoms with Crippen molar-refractivity contribution in [1.82, 2.24) is 0 Å². The standard InChI is InChI=1S/C19H24BrNO2S/c1-3-4-5-6-7-16-9-12-18(13-10-16)24(22,23)21-17-11-8-15(2)19(20)14-17/h8-14,21H,3-7H2,1-2H3. The highest BCUT2D eigenvalue weighted by Gasteiger charge is 2.14. The van der Waals surface area contributed by atoms with E-state index in [0.29, 0.717) is 5.69 Å². The van der Waals surface area contributed by atoms with Gasteiger partial charge >= 0.3 is 0 Å². The van der Waals surface area contributed by atoms with E-state index in [2.05, 4.69) is 27.6 Å². The average Bonchev–Trinajstić information content (AvgIpc) is 2.55. The van der Waals surface area contributed by atoms with Gasteiger partial charge in [0.05, 0.1) is 4.90 Å². The first kappa shape index (κ1) is 19.0. The van der Waals surface area contributed by atoms with E-state index in [-0.39, 0.29) is 4.90 Å². The van der Waals surface area contributed by atoms with E-state index in [1.807, 2.05) is 25.1 Å². The van der Waals surface area contributed by atoms with Crippen molar-refractivity contribution < 1.29 is 8.42 Å². The molecule has 2 aromatic rings. The van der Waals surface area contributed by atoms with Gasteiger partial charge in [0.25, 0.3) is 10.0 Å². The highest BCUT2D eigenvalue weighted by atomic mass is 79.9. The van der Waals surface area contributed by atoms with Crippen LogP contribution in [0.4, 0.5) is 5.69 Å². The van der Waals surface area contributed by atoms with Crippen molar-refractivity contribution in [1.29, 1.82) is 0 Å². The number of anilines is 1. The molecule has 5 heteroatoms. The molecular formula is C19H24BrNO2S. The Hall–Kier alpha value is -1.33. The highest BCUT2D eigenvalue weighted by molar-refractivity contribution is 9.10. The van der Waals surface area contributed by atoms with Crippen LogP contribution in [0, 0.1) is 6.92 Å². The number of benzene rings is 2. The van der Waals surface area contributed by atoms with Gasteiger partial charge in [-0.15, -0.1) is 0 Å². The summed E-state index contributed by atoms with van der Waals surface area (Å²) in [6, 6.07) is 12.6. The second-order valence-electron chi connectivity index (χ2n) is 6.02. The number of unbranched alkanes of at least 4 members (excludes halogenated alkanes) is 3. The van der Waals surface area contributed by atoms with Gasteiger partial charge in [-0.2, -0.15) is 0 Å². The summed E-state index contributed by atoms with van der Waals surface area (Å²) in [5, 5.41) is 0. The first-order valence-corrected chi connectivity index (χ1v) is 10.6. The summed E-state index contributed by atoms with van der Waals surface area (Å²) in [5.74, 6) is 0. The van der Waals surface area contributed by atoms with Crippen LogP contribution in [-0.4, -0.2) is 8.42 Å². The number of aryl methyl sites for hydroxylation is 2. The van der Waals surface area contributed by atoms with Gasteiger partial charge in [-0.1, -0.05) is 60.3 Å². The summed E-state index contributed by atoms with van der Waals surface area (Å²) in [4.78, 5) is 0.288. The predicted octanol–water partition coefficient (Wildman–Crippen LogP) is 5.68. The molecule has 0 saturated carbocycles. The molecule has 0 bridgehead atoms. The van der Waals surface area contributed by atoms with E-state index < -0.39 is 10.0 Å². The molecule has 0 fully saturated rings. The quantitative estimate of drug-likeness (QED) is 0.569. The van der Waals surface area contributed by atoms with Gasteiger partial charge in [0.15, 0.2) is 0 Å². The Bertz CT molecular complexity index is 770. The largest absolute Gasteiger partial charge is 0.280 e. The lowest BCUT2D eigenvalue weighted by Crippen LogP contribution is -2.13. The van der Waals surface area contributed by atoms with Gasteiger partial charge in [-0.25, -0.2) is 8.42 Å². The van der Waals surface area contributed by atoms with Crippen LogP contribution in [0.25, 0.3) is 0 Å². The topological polar surface area (TPSA) is 46.2 Å². The van der Waals surface area contributed by atoms with Crippen molar-refractivity contribution in [3.8, 4) is 0 Å². The first-order valence-electron chi connectivity index (χ1n) is 8.30. The molecule has 0 heterocycles. The fraction of sp³-hybridized carbons (Fsp3) is 0.368. The zero-order valence-electron chi connectivity index (χ0n) is 14.2. The van der Waals surface area contributed by atoms with E-state index in [9.17, 15) is 8.42 Å². The van der Waals surface area contributed by atoms with Crippen LogP contribution in [0.1, 0.15) is 43.7 Å². The molecule has 0 aliphatic heterocycles. The summed E-state index contributed by atoms with van der Waals surface area (Å²) in [6.07, 6.45) is 5.84. The maximum atomic E-state index is 12.5. The lowest BCUT2D eigenvalue weighted by molar-refractivity contribution is 0.601. The molecule has 3 nitrogen and oxygen atoms in total. The van der Waals surface area contributed by atoms with Gasteiger partial charge in [0.1, 0.15) is 0 Å². The van der Waals surface area contributed by atoms with Crippen LogP contribution in [0.15, 0.2) is 51.8 Å². The maximum Gasteiger partial charge on any atom is 0.261 e. The van der Waals surface area contributed by atoms with Gasteiger partial charge in [0.2, 0.25) is 0 Å². The summed E-state index contributed by atoms with van der Waals surface area (Å²) in [5.41, 5.74) is 2.80. The van der Waals surface area contributed by atoms with E-state index in [1.54, 1.807) is 24.3 Å². The smallest absolute Gasteiger partial charge is 0.261 e. The molecule has 0 atom stereocenters. The minimum atomic E-state index is -3.56. The van der Waals surface area contributed by atoms with E-state index in [4.69, 9.17) is 0 Å². The molecule has 0 amide bonds. The maximum absolute atomic E-state index is 12.5. The molecule has 0 spiro atoms. The Labute approximate surface area is 153 Å². The van der Waals surface area contributed by atoms with E-state index in [0.717, 1.165) is 22.9 Å². The Morgan fingerprint density at radius 2 is 1.71 bits per heavy atom. The van der Waals surface area contributed by atoms with Crippen LogP contribution in [0.2, 0.25) is 0 Å². The van der Waals surface area contributed by atoms with Crippen LogP contribution in [0.3, 0.4) is 0 Å². The molecular weight excluding hydrogens is 386 g/mol. The third-order valence-corrected chi connectivity index (χ3v) is 6.23. The Balaban J connectivity index is 2.04. The number of sulfonamides is 1. The number of hydrogen-bond donors (Lipinski definition) is 1. The lowest BCUT2D eigenvalue weighted by Gasteiger charge is -2.10. The zero-order valence-corrected chi connectivity index (χ0v) is 16.6. The molecule has 0 unspecified atom stereocenters. The number of halogens is 1. The van der Waals surface area contributed by atoms with E-state index in [1.165, 1.54) is 24.8 Å². The van der Waals surface area contributed by atoms with Crippen LogP contribution in [0.5, 0.6) is 0 Å². The minimum Gasteiger partial charge on any atom is -0.280 e. The summed E-state index contributed by atoms with van der Waals surface area (Å²) >= 11 is 3.42. The van der Waals surface area contributed by atoms with Gasteiger partial charge in [-0.3, -0.25) is 4.72 Å². The monoisotopic (exact) mass is 409 g/mol. The molecule has 0 radical (unpaired) electrons. The Kier molecular flexibility index (Phi) is 6.87. The SMILES string of the molecule is CCCCCCc1ccc(S(=O)(=O)Nc2ccc(C)c(Br)c2)cc1. The molecule has 2 rings (SSSR count). The number of nitrogens with one attached hydrogen (secondary N) is 1. The van der Waals surface area contributed by atoms with Crippen molar-refractivity contribution in [2.45, 2.75) is 50.8 Å². The molecule has 2 aromatic carbocycles. The van der Waals surface area contributed by atoms with Crippen molar-refractivity contribution in [3.05, 3.63) is 58.1 Å². The molecule has 0 saturated heterocycles. The first-order chi connectivity index (χ1) is 11.4. The van der Waals surface area contributed by atoms with E-state index >= 15 is 0 Å². The van der Waals surface area contributed by atoms with Crippen molar-refractivity contribution in [2.24, 2.45) is 0 Å². The van der Waals surface area contributed by atoms with Crippen LogP contribution >= 0.6 is 15.9 Å². The molecule has 130 valence electrons. The Morgan fingerprint density at radius 3 is 2.33 bits per heavy atom. The molecule has 1 N–H and O–H groups in total. The third kappa shape index (κ3) is 5.35. The summed E-state index contributed by atoms with van der Waals surface area (Å²) < 4.78 is 28.5. The van der Waals surface area contributed by atoms with Gasteiger partial charge in [-0.05, 0) is 55.2 Å². The van der Waals surface area contributed by atoms with Crippen molar-refractivity contribution in [2.75, 3.05) is 4.72 Å². The highest BCUT2D eigenvalue weighted by Crippen LogP contribution is 2.23. The number of rotatable bonds is 8. The normalized spacial score (nSPS) is 11.5. The zero-order chi connectivity index (χ0) is 17.6. The summed E-state index contributed by atoms with van der Waals surface area (Å²) in [6.45, 7) is 4.15. The fourth-order valence-electron chi connectivity index (χ4n) is 2.46. The fourth-order valence-corrected chi connectivity index (χ4v) is 3.89. The molecule has 0 aliphatic carbocycles. The third-order valence-electron chi connectivity index (χ3n) is 3.98. The van der Waals surface area contributed by atoms with Crippen LogP contribution in [-0.2, 0) is 16.4 Å². The second-order valence-corrected chi connectivity index (χ2v) is 8.56.